The van der Waals surface area contributed by atoms with Gasteiger partial charge in [-0.3, -0.25) is 4.90 Å². The maximum Gasteiger partial charge on any atom is 0.0236 e. The molecule has 1 aromatic carbocycles. The minimum absolute atomic E-state index is 1.15. The Morgan fingerprint density at radius 3 is 1.71 bits per heavy atom. The fraction of sp³-hybridized carbons (Fsp3) is 0.700. The van der Waals surface area contributed by atoms with Crippen LogP contribution in [-0.4, -0.2) is 18.0 Å². The van der Waals surface area contributed by atoms with Gasteiger partial charge >= 0.3 is 0 Å². The third-order valence-electron chi connectivity index (χ3n) is 4.85. The van der Waals surface area contributed by atoms with Crippen LogP contribution in [0.4, 0.5) is 0 Å². The van der Waals surface area contributed by atoms with Gasteiger partial charge in [-0.05, 0) is 44.0 Å². The molecular formula is C20H33N. The quantitative estimate of drug-likeness (QED) is 0.673. The lowest BCUT2D eigenvalue weighted by Crippen LogP contribution is -2.26. The van der Waals surface area contributed by atoms with Gasteiger partial charge in [-0.2, -0.15) is 0 Å². The molecule has 1 nitrogen and oxygen atoms in total. The molecule has 0 aliphatic carbocycles. The van der Waals surface area contributed by atoms with E-state index < -0.39 is 0 Å². The highest BCUT2D eigenvalue weighted by atomic mass is 15.1. The summed E-state index contributed by atoms with van der Waals surface area (Å²) in [5.74, 6) is 0. The first-order valence-electron chi connectivity index (χ1n) is 9.13. The summed E-state index contributed by atoms with van der Waals surface area (Å²) in [6, 6.07) is 8.88. The van der Waals surface area contributed by atoms with Gasteiger partial charge in [-0.1, -0.05) is 75.6 Å². The van der Waals surface area contributed by atoms with Gasteiger partial charge in [0, 0.05) is 6.54 Å². The van der Waals surface area contributed by atoms with E-state index in [-0.39, 0.29) is 0 Å². The van der Waals surface area contributed by atoms with Gasteiger partial charge in [-0.25, -0.2) is 0 Å². The molecule has 0 radical (unpaired) electrons. The van der Waals surface area contributed by atoms with E-state index in [2.05, 4.69) is 36.1 Å². The molecule has 0 aromatic heterocycles. The zero-order chi connectivity index (χ0) is 14.8. The van der Waals surface area contributed by atoms with Crippen molar-refractivity contribution in [3.8, 4) is 0 Å². The Hall–Kier alpha value is -0.820. The van der Waals surface area contributed by atoms with E-state index in [4.69, 9.17) is 0 Å². The molecule has 118 valence electrons. The number of aryl methyl sites for hydroxylation is 1. The Morgan fingerprint density at radius 1 is 0.714 bits per heavy atom. The van der Waals surface area contributed by atoms with Crippen molar-refractivity contribution >= 4 is 0 Å². The smallest absolute Gasteiger partial charge is 0.0236 e. The Labute approximate surface area is 131 Å². The second-order valence-electron chi connectivity index (χ2n) is 6.74. The van der Waals surface area contributed by atoms with Crippen molar-refractivity contribution in [2.75, 3.05) is 13.1 Å². The van der Waals surface area contributed by atoms with Gasteiger partial charge in [0.15, 0.2) is 0 Å². The van der Waals surface area contributed by atoms with Crippen molar-refractivity contribution in [2.45, 2.75) is 77.7 Å². The molecule has 1 aliphatic heterocycles. The minimum Gasteiger partial charge on any atom is -0.299 e. The molecule has 0 bridgehead atoms. The van der Waals surface area contributed by atoms with Crippen molar-refractivity contribution < 1.29 is 0 Å². The monoisotopic (exact) mass is 287 g/mol. The van der Waals surface area contributed by atoms with Crippen molar-refractivity contribution in [2.24, 2.45) is 0 Å². The van der Waals surface area contributed by atoms with E-state index in [1.165, 1.54) is 88.4 Å². The first-order chi connectivity index (χ1) is 10.4. The van der Waals surface area contributed by atoms with Crippen molar-refractivity contribution in [1.29, 1.82) is 0 Å². The summed E-state index contributed by atoms with van der Waals surface area (Å²) >= 11 is 0. The molecule has 0 amide bonds. The van der Waals surface area contributed by atoms with Crippen LogP contribution in [0, 0.1) is 6.92 Å². The Balaban J connectivity index is 1.86. The van der Waals surface area contributed by atoms with E-state index in [1.807, 2.05) is 0 Å². The molecule has 1 heterocycles. The number of hydrogen-bond donors (Lipinski definition) is 0. The summed E-state index contributed by atoms with van der Waals surface area (Å²) < 4.78 is 0. The molecule has 21 heavy (non-hydrogen) atoms. The van der Waals surface area contributed by atoms with E-state index in [0.29, 0.717) is 0 Å². The van der Waals surface area contributed by atoms with Crippen LogP contribution in [-0.2, 0) is 6.54 Å². The summed E-state index contributed by atoms with van der Waals surface area (Å²) in [6.45, 7) is 5.96. The third kappa shape index (κ3) is 6.65. The number of hydrogen-bond acceptors (Lipinski definition) is 1. The van der Waals surface area contributed by atoms with E-state index >= 15 is 0 Å². The molecule has 1 fully saturated rings. The fourth-order valence-electron chi connectivity index (χ4n) is 3.38. The molecule has 0 atom stereocenters. The minimum atomic E-state index is 1.15. The zero-order valence-electron chi connectivity index (χ0n) is 13.9. The Morgan fingerprint density at radius 2 is 1.19 bits per heavy atom. The van der Waals surface area contributed by atoms with Crippen LogP contribution < -0.4 is 0 Å². The average molecular weight is 287 g/mol. The van der Waals surface area contributed by atoms with Crippen LogP contribution in [0.25, 0.3) is 0 Å². The highest BCUT2D eigenvalue weighted by molar-refractivity contribution is 5.25. The van der Waals surface area contributed by atoms with Crippen LogP contribution in [0.5, 0.6) is 0 Å². The second-order valence-corrected chi connectivity index (χ2v) is 6.74. The number of rotatable bonds is 2. The maximum atomic E-state index is 2.69. The SMILES string of the molecule is Cc1ccccc1CN1CCCCCCCCCCCC1. The lowest BCUT2D eigenvalue weighted by Gasteiger charge is -2.23. The van der Waals surface area contributed by atoms with Crippen LogP contribution in [0.15, 0.2) is 24.3 Å². The van der Waals surface area contributed by atoms with Crippen molar-refractivity contribution in [1.82, 2.24) is 4.90 Å². The third-order valence-corrected chi connectivity index (χ3v) is 4.85. The molecule has 1 aromatic rings. The van der Waals surface area contributed by atoms with Gasteiger partial charge in [0.2, 0.25) is 0 Å². The summed E-state index contributed by atoms with van der Waals surface area (Å²) in [5.41, 5.74) is 2.96. The first-order valence-corrected chi connectivity index (χ1v) is 9.13. The van der Waals surface area contributed by atoms with Crippen molar-refractivity contribution in [3.05, 3.63) is 35.4 Å². The number of benzene rings is 1. The predicted molar refractivity (Wildman–Crippen MR) is 92.6 cm³/mol. The van der Waals surface area contributed by atoms with E-state index in [9.17, 15) is 0 Å². The van der Waals surface area contributed by atoms with Gasteiger partial charge in [0.05, 0.1) is 0 Å². The Bertz CT molecular complexity index is 371. The highest BCUT2D eigenvalue weighted by Gasteiger charge is 2.08. The Kier molecular flexibility index (Phi) is 7.88. The molecule has 1 aliphatic rings. The van der Waals surface area contributed by atoms with Crippen LogP contribution in [0.1, 0.15) is 75.3 Å². The topological polar surface area (TPSA) is 3.24 Å². The average Bonchev–Trinajstić information content (AvgIpc) is 2.52. The predicted octanol–water partition coefficient (Wildman–Crippen LogP) is 5.71. The molecule has 0 saturated carbocycles. The second kappa shape index (κ2) is 10.00. The number of nitrogens with zero attached hydrogens (tertiary/aromatic N) is 1. The summed E-state index contributed by atoms with van der Waals surface area (Å²) in [5, 5.41) is 0. The summed E-state index contributed by atoms with van der Waals surface area (Å²) in [7, 11) is 0. The lowest BCUT2D eigenvalue weighted by molar-refractivity contribution is 0.252. The highest BCUT2D eigenvalue weighted by Crippen LogP contribution is 2.16. The van der Waals surface area contributed by atoms with E-state index in [0.717, 1.165) is 6.54 Å². The zero-order valence-corrected chi connectivity index (χ0v) is 13.9. The van der Waals surface area contributed by atoms with Crippen LogP contribution >= 0.6 is 0 Å². The molecule has 0 spiro atoms. The van der Waals surface area contributed by atoms with Gasteiger partial charge in [-0.15, -0.1) is 0 Å². The lowest BCUT2D eigenvalue weighted by atomic mass is 10.1. The maximum absolute atomic E-state index is 2.69. The largest absolute Gasteiger partial charge is 0.299 e. The molecule has 1 heteroatoms. The first kappa shape index (κ1) is 16.5. The molecule has 0 N–H and O–H groups in total. The summed E-state index contributed by atoms with van der Waals surface area (Å²) in [6.07, 6.45) is 14.3. The van der Waals surface area contributed by atoms with Crippen LogP contribution in [0.3, 0.4) is 0 Å². The molecular weight excluding hydrogens is 254 g/mol. The summed E-state index contributed by atoms with van der Waals surface area (Å²) in [4.78, 5) is 2.69. The van der Waals surface area contributed by atoms with Crippen LogP contribution in [0.2, 0.25) is 0 Å². The van der Waals surface area contributed by atoms with Gasteiger partial charge < -0.3 is 0 Å². The van der Waals surface area contributed by atoms with E-state index in [1.54, 1.807) is 0 Å². The molecule has 1 saturated heterocycles. The normalized spacial score (nSPS) is 20.2. The van der Waals surface area contributed by atoms with Crippen molar-refractivity contribution in [3.63, 3.8) is 0 Å². The standard InChI is InChI=1S/C20H33N/c1-19-14-10-11-15-20(19)18-21-16-12-8-6-4-2-3-5-7-9-13-17-21/h10-11,14-15H,2-9,12-13,16-18H2,1H3. The van der Waals surface area contributed by atoms with Gasteiger partial charge in [0.25, 0.3) is 0 Å². The molecule has 0 unspecified atom stereocenters. The molecule has 2 rings (SSSR count). The van der Waals surface area contributed by atoms with Gasteiger partial charge in [0.1, 0.15) is 0 Å². The fourth-order valence-corrected chi connectivity index (χ4v) is 3.38.